The van der Waals surface area contributed by atoms with Crippen LogP contribution < -0.4 is 5.32 Å². The predicted molar refractivity (Wildman–Crippen MR) is 65.7 cm³/mol. The Kier molecular flexibility index (Phi) is 3.90. The standard InChI is InChI=1S/C12H15Cl2N/c13-10-6-5-9(8-11(10)14)12-4-2-1-3-7-15-12/h5-6,8,12,15H,1-4,7H2. The van der Waals surface area contributed by atoms with Crippen molar-refractivity contribution in [3.05, 3.63) is 33.8 Å². The molecule has 1 N–H and O–H groups in total. The van der Waals surface area contributed by atoms with Gasteiger partial charge in [0.05, 0.1) is 10.0 Å². The molecule has 1 heterocycles. The summed E-state index contributed by atoms with van der Waals surface area (Å²) >= 11 is 11.9. The fraction of sp³-hybridized carbons (Fsp3) is 0.500. The third kappa shape index (κ3) is 2.87. The van der Waals surface area contributed by atoms with Crippen LogP contribution in [0.25, 0.3) is 0 Å². The van der Waals surface area contributed by atoms with E-state index in [4.69, 9.17) is 23.2 Å². The molecule has 3 heteroatoms. The molecule has 0 bridgehead atoms. The van der Waals surface area contributed by atoms with Gasteiger partial charge in [0, 0.05) is 6.04 Å². The molecule has 1 aliphatic heterocycles. The summed E-state index contributed by atoms with van der Waals surface area (Å²) in [6, 6.07) is 6.37. The van der Waals surface area contributed by atoms with Crippen LogP contribution in [0.15, 0.2) is 18.2 Å². The highest BCUT2D eigenvalue weighted by Gasteiger charge is 2.14. The van der Waals surface area contributed by atoms with Crippen LogP contribution in [0.2, 0.25) is 10.0 Å². The molecule has 0 aliphatic carbocycles. The van der Waals surface area contributed by atoms with Gasteiger partial charge in [-0.15, -0.1) is 0 Å². The van der Waals surface area contributed by atoms with Gasteiger partial charge in [-0.25, -0.2) is 0 Å². The molecule has 0 radical (unpaired) electrons. The van der Waals surface area contributed by atoms with Crippen molar-refractivity contribution in [1.29, 1.82) is 0 Å². The lowest BCUT2D eigenvalue weighted by Crippen LogP contribution is -2.20. The first kappa shape index (κ1) is 11.3. The van der Waals surface area contributed by atoms with Crippen LogP contribution >= 0.6 is 23.2 Å². The Morgan fingerprint density at radius 1 is 1.07 bits per heavy atom. The average Bonchev–Trinajstić information content (AvgIpc) is 2.50. The molecule has 1 atom stereocenters. The predicted octanol–water partition coefficient (Wildman–Crippen LogP) is 4.20. The van der Waals surface area contributed by atoms with Crippen LogP contribution in [0.5, 0.6) is 0 Å². The van der Waals surface area contributed by atoms with E-state index in [0.717, 1.165) is 6.54 Å². The fourth-order valence-electron chi connectivity index (χ4n) is 2.04. The second-order valence-corrected chi connectivity index (χ2v) is 4.84. The molecule has 2 rings (SSSR count). The van der Waals surface area contributed by atoms with Gasteiger partial charge >= 0.3 is 0 Å². The molecule has 15 heavy (non-hydrogen) atoms. The van der Waals surface area contributed by atoms with E-state index in [0.29, 0.717) is 16.1 Å². The van der Waals surface area contributed by atoms with Gasteiger partial charge in [-0.05, 0) is 37.1 Å². The summed E-state index contributed by atoms with van der Waals surface area (Å²) in [5.74, 6) is 0. The van der Waals surface area contributed by atoms with Gasteiger partial charge < -0.3 is 5.32 Å². The van der Waals surface area contributed by atoms with Crippen molar-refractivity contribution in [2.24, 2.45) is 0 Å². The van der Waals surface area contributed by atoms with Gasteiger partial charge in [-0.2, -0.15) is 0 Å². The van der Waals surface area contributed by atoms with Crippen LogP contribution in [0.1, 0.15) is 37.3 Å². The van der Waals surface area contributed by atoms with E-state index >= 15 is 0 Å². The number of hydrogen-bond donors (Lipinski definition) is 1. The SMILES string of the molecule is Clc1ccc(C2CCCCCN2)cc1Cl. The van der Waals surface area contributed by atoms with Crippen molar-refractivity contribution >= 4 is 23.2 Å². The largest absolute Gasteiger partial charge is 0.310 e. The molecule has 1 aliphatic rings. The van der Waals surface area contributed by atoms with Gasteiger partial charge in [0.1, 0.15) is 0 Å². The number of hydrogen-bond acceptors (Lipinski definition) is 1. The van der Waals surface area contributed by atoms with Crippen molar-refractivity contribution in [2.45, 2.75) is 31.7 Å². The lowest BCUT2D eigenvalue weighted by Gasteiger charge is -2.16. The summed E-state index contributed by atoms with van der Waals surface area (Å²) in [7, 11) is 0. The summed E-state index contributed by atoms with van der Waals surface area (Å²) in [5, 5.41) is 4.83. The van der Waals surface area contributed by atoms with Crippen LogP contribution in [0, 0.1) is 0 Å². The summed E-state index contributed by atoms with van der Waals surface area (Å²) in [6.45, 7) is 1.10. The van der Waals surface area contributed by atoms with E-state index in [1.54, 1.807) is 0 Å². The van der Waals surface area contributed by atoms with Gasteiger partial charge in [0.2, 0.25) is 0 Å². The lowest BCUT2D eigenvalue weighted by atomic mass is 10.0. The monoisotopic (exact) mass is 243 g/mol. The van der Waals surface area contributed by atoms with Gasteiger partial charge in [0.15, 0.2) is 0 Å². The molecular weight excluding hydrogens is 229 g/mol. The van der Waals surface area contributed by atoms with E-state index in [-0.39, 0.29) is 0 Å². The summed E-state index contributed by atoms with van der Waals surface area (Å²) in [4.78, 5) is 0. The number of halogens is 2. The molecule has 1 saturated heterocycles. The fourth-order valence-corrected chi connectivity index (χ4v) is 2.35. The molecule has 82 valence electrons. The quantitative estimate of drug-likeness (QED) is 0.780. The van der Waals surface area contributed by atoms with E-state index in [2.05, 4.69) is 11.4 Å². The number of rotatable bonds is 1. The van der Waals surface area contributed by atoms with Gasteiger partial charge in [-0.3, -0.25) is 0 Å². The van der Waals surface area contributed by atoms with E-state index < -0.39 is 0 Å². The van der Waals surface area contributed by atoms with Gasteiger partial charge in [0.25, 0.3) is 0 Å². The van der Waals surface area contributed by atoms with Crippen LogP contribution in [0.4, 0.5) is 0 Å². The lowest BCUT2D eigenvalue weighted by molar-refractivity contribution is 0.535. The molecule has 1 aromatic rings. The first-order chi connectivity index (χ1) is 7.27. The highest BCUT2D eigenvalue weighted by Crippen LogP contribution is 2.28. The first-order valence-corrected chi connectivity index (χ1v) is 6.21. The highest BCUT2D eigenvalue weighted by atomic mass is 35.5. The maximum atomic E-state index is 6.01. The Labute approximate surface area is 101 Å². The van der Waals surface area contributed by atoms with Crippen molar-refractivity contribution in [2.75, 3.05) is 6.54 Å². The van der Waals surface area contributed by atoms with Crippen LogP contribution in [-0.2, 0) is 0 Å². The zero-order valence-corrected chi connectivity index (χ0v) is 10.1. The second-order valence-electron chi connectivity index (χ2n) is 4.03. The molecule has 0 spiro atoms. The maximum absolute atomic E-state index is 6.01. The van der Waals surface area contributed by atoms with E-state index in [1.807, 2.05) is 12.1 Å². The third-order valence-electron chi connectivity index (χ3n) is 2.91. The van der Waals surface area contributed by atoms with Crippen molar-refractivity contribution in [3.63, 3.8) is 0 Å². The van der Waals surface area contributed by atoms with Crippen molar-refractivity contribution in [1.82, 2.24) is 5.32 Å². The normalized spacial score (nSPS) is 22.4. The molecular formula is C12H15Cl2N. The summed E-state index contributed by atoms with van der Waals surface area (Å²) < 4.78 is 0. The molecule has 1 nitrogen and oxygen atoms in total. The molecule has 1 aromatic carbocycles. The first-order valence-electron chi connectivity index (χ1n) is 5.46. The summed E-state index contributed by atoms with van der Waals surface area (Å²) in [6.07, 6.45) is 5.08. The highest BCUT2D eigenvalue weighted by molar-refractivity contribution is 6.42. The summed E-state index contributed by atoms with van der Waals surface area (Å²) in [5.41, 5.74) is 1.26. The zero-order valence-electron chi connectivity index (χ0n) is 8.60. The topological polar surface area (TPSA) is 12.0 Å². The minimum atomic E-state index is 0.447. The second kappa shape index (κ2) is 5.20. The smallest absolute Gasteiger partial charge is 0.0595 e. The Morgan fingerprint density at radius 2 is 1.93 bits per heavy atom. The minimum Gasteiger partial charge on any atom is -0.310 e. The Balaban J connectivity index is 2.16. The van der Waals surface area contributed by atoms with Crippen LogP contribution in [0.3, 0.4) is 0 Å². The molecule has 0 saturated carbocycles. The zero-order chi connectivity index (χ0) is 10.7. The molecule has 1 unspecified atom stereocenters. The molecule has 0 aromatic heterocycles. The maximum Gasteiger partial charge on any atom is 0.0595 e. The number of nitrogens with one attached hydrogen (secondary N) is 1. The minimum absolute atomic E-state index is 0.447. The third-order valence-corrected chi connectivity index (χ3v) is 3.65. The molecule has 0 amide bonds. The van der Waals surface area contributed by atoms with Gasteiger partial charge in [-0.1, -0.05) is 42.1 Å². The Morgan fingerprint density at radius 3 is 2.73 bits per heavy atom. The van der Waals surface area contributed by atoms with E-state index in [9.17, 15) is 0 Å². The van der Waals surface area contributed by atoms with E-state index in [1.165, 1.54) is 31.2 Å². The molecule has 1 fully saturated rings. The average molecular weight is 244 g/mol. The Bertz CT molecular complexity index is 330. The Hall–Kier alpha value is -0.240. The number of benzene rings is 1. The van der Waals surface area contributed by atoms with Crippen molar-refractivity contribution in [3.8, 4) is 0 Å². The van der Waals surface area contributed by atoms with Crippen molar-refractivity contribution < 1.29 is 0 Å². The van der Waals surface area contributed by atoms with Crippen LogP contribution in [-0.4, -0.2) is 6.54 Å².